The largest absolute Gasteiger partial charge is 0.310 e. The average Bonchev–Trinajstić information content (AvgIpc) is 3.60. The molecule has 0 saturated heterocycles. The molecule has 0 bridgehead atoms. The molecule has 0 spiro atoms. The molecule has 0 aromatic heterocycles. The van der Waals surface area contributed by atoms with Crippen molar-refractivity contribution >= 4 is 5.71 Å². The van der Waals surface area contributed by atoms with Crippen LogP contribution in [0.2, 0.25) is 0 Å². The molecular formula is C50H64N2. The van der Waals surface area contributed by atoms with Crippen molar-refractivity contribution in [3.8, 4) is 0 Å². The van der Waals surface area contributed by atoms with E-state index in [0.717, 1.165) is 32.4 Å². The van der Waals surface area contributed by atoms with Gasteiger partial charge in [0.15, 0.2) is 0 Å². The predicted octanol–water partition coefficient (Wildman–Crippen LogP) is 13.0. The minimum absolute atomic E-state index is 0.405. The second-order valence-corrected chi connectivity index (χ2v) is 17.2. The van der Waals surface area contributed by atoms with Gasteiger partial charge >= 0.3 is 0 Å². The monoisotopic (exact) mass is 693 g/mol. The number of nitrogens with one attached hydrogen (secondary N) is 1. The van der Waals surface area contributed by atoms with E-state index in [0.29, 0.717) is 23.8 Å². The van der Waals surface area contributed by atoms with Gasteiger partial charge in [-0.2, -0.15) is 0 Å². The molecule has 0 aromatic carbocycles. The van der Waals surface area contributed by atoms with E-state index in [9.17, 15) is 0 Å². The van der Waals surface area contributed by atoms with Crippen molar-refractivity contribution in [2.45, 2.75) is 142 Å². The predicted molar refractivity (Wildman–Crippen MR) is 223 cm³/mol. The summed E-state index contributed by atoms with van der Waals surface area (Å²) >= 11 is 0. The summed E-state index contributed by atoms with van der Waals surface area (Å²) in [6, 6.07) is 0.582. The number of rotatable bonds is 9. The molecule has 4 atom stereocenters. The number of hydrogen-bond acceptors (Lipinski definition) is 2. The quantitative estimate of drug-likeness (QED) is 0.239. The van der Waals surface area contributed by atoms with Crippen LogP contribution in [-0.2, 0) is 0 Å². The van der Waals surface area contributed by atoms with Crippen LogP contribution in [0, 0.1) is 17.8 Å². The summed E-state index contributed by atoms with van der Waals surface area (Å²) in [5, 5.41) is 4.30. The molecule has 0 aromatic rings. The Morgan fingerprint density at radius 1 is 0.769 bits per heavy atom. The Bertz CT molecular complexity index is 1760. The van der Waals surface area contributed by atoms with Gasteiger partial charge in [0.25, 0.3) is 0 Å². The van der Waals surface area contributed by atoms with Crippen molar-refractivity contribution in [2.24, 2.45) is 22.7 Å². The maximum Gasteiger partial charge on any atom is 0.0650 e. The first-order chi connectivity index (χ1) is 25.6. The molecule has 52 heavy (non-hydrogen) atoms. The maximum atomic E-state index is 5.02. The lowest BCUT2D eigenvalue weighted by atomic mass is 9.67. The Balaban J connectivity index is 1.07. The Morgan fingerprint density at radius 3 is 2.52 bits per heavy atom. The van der Waals surface area contributed by atoms with E-state index in [-0.39, 0.29) is 0 Å². The topological polar surface area (TPSA) is 24.4 Å². The lowest BCUT2D eigenvalue weighted by Gasteiger charge is -2.40. The van der Waals surface area contributed by atoms with Crippen LogP contribution in [0.5, 0.6) is 0 Å². The van der Waals surface area contributed by atoms with Gasteiger partial charge in [0.05, 0.1) is 12.3 Å². The number of aliphatic imine (C=N–C) groups is 1. The van der Waals surface area contributed by atoms with Crippen molar-refractivity contribution in [2.75, 3.05) is 13.1 Å². The van der Waals surface area contributed by atoms with Crippen LogP contribution in [-0.4, -0.2) is 24.8 Å². The normalized spacial score (nSPS) is 29.8. The van der Waals surface area contributed by atoms with Crippen molar-refractivity contribution < 1.29 is 0 Å². The van der Waals surface area contributed by atoms with E-state index in [2.05, 4.69) is 86.0 Å². The van der Waals surface area contributed by atoms with Crippen LogP contribution >= 0.6 is 0 Å². The van der Waals surface area contributed by atoms with E-state index < -0.39 is 0 Å². The summed E-state index contributed by atoms with van der Waals surface area (Å²) in [6.07, 6.45) is 51.5. The van der Waals surface area contributed by atoms with Gasteiger partial charge in [-0.15, -0.1) is 0 Å². The van der Waals surface area contributed by atoms with Gasteiger partial charge in [0, 0.05) is 30.3 Å². The maximum absolute atomic E-state index is 5.02. The molecule has 0 fully saturated rings. The van der Waals surface area contributed by atoms with E-state index >= 15 is 0 Å². The van der Waals surface area contributed by atoms with Gasteiger partial charge in [-0.1, -0.05) is 88.6 Å². The highest BCUT2D eigenvalue weighted by atomic mass is 14.9. The van der Waals surface area contributed by atoms with Gasteiger partial charge in [0.1, 0.15) is 0 Å². The first-order valence-electron chi connectivity index (χ1n) is 21.5. The Labute approximate surface area is 315 Å². The second kappa shape index (κ2) is 16.8. The lowest BCUT2D eigenvalue weighted by Crippen LogP contribution is -2.41. The summed E-state index contributed by atoms with van der Waals surface area (Å²) in [5.74, 6) is 1.53. The van der Waals surface area contributed by atoms with Crippen LogP contribution < -0.4 is 5.32 Å². The lowest BCUT2D eigenvalue weighted by molar-refractivity contribution is 0.366. The fourth-order valence-corrected chi connectivity index (χ4v) is 10.9. The fraction of sp³-hybridized carbons (Fsp3) is 0.540. The second-order valence-electron chi connectivity index (χ2n) is 17.2. The molecular weight excluding hydrogens is 629 g/mol. The fourth-order valence-electron chi connectivity index (χ4n) is 10.9. The summed E-state index contributed by atoms with van der Waals surface area (Å²) in [5.41, 5.74) is 18.8. The summed E-state index contributed by atoms with van der Waals surface area (Å²) < 4.78 is 0. The van der Waals surface area contributed by atoms with Crippen LogP contribution in [0.15, 0.2) is 133 Å². The smallest absolute Gasteiger partial charge is 0.0650 e. The molecule has 1 aliphatic heterocycles. The molecule has 0 amide bonds. The highest BCUT2D eigenvalue weighted by Crippen LogP contribution is 2.45. The number of hydrogen-bond donors (Lipinski definition) is 1. The van der Waals surface area contributed by atoms with Gasteiger partial charge in [0.2, 0.25) is 0 Å². The molecule has 2 nitrogen and oxygen atoms in total. The Kier molecular flexibility index (Phi) is 11.6. The van der Waals surface area contributed by atoms with Crippen molar-refractivity contribution in [3.63, 3.8) is 0 Å². The SMILES string of the molecule is CC1=CC=C(C2=NCC(C3=CC=C(/C(C)=C4\C=CC=CC4C(CNC4CCCC5=C4CCCC5)C4=CCCCC4C4=CCCCC4)CC3)=C2)CCC1. The zero-order valence-corrected chi connectivity index (χ0v) is 32.5. The zero-order chi connectivity index (χ0) is 35.3. The van der Waals surface area contributed by atoms with Crippen LogP contribution in [0.25, 0.3) is 0 Å². The van der Waals surface area contributed by atoms with E-state index in [4.69, 9.17) is 4.99 Å². The molecule has 0 saturated carbocycles. The molecule has 1 heterocycles. The van der Waals surface area contributed by atoms with E-state index in [1.165, 1.54) is 142 Å². The highest BCUT2D eigenvalue weighted by Gasteiger charge is 2.35. The standard InChI is InChI=1S/C50H64N2/c1-35-14-12-19-41(27-26-35)50-32-42(33-51-50)38-30-28-37(29-31-38)36(2)43-20-8-10-23-46(43)48(34-52-49-25-13-18-40-17-6-7-22-45(40)49)47-24-11-9-21-44(47)39-15-4-3-5-16-39/h8,10,15,20,23-24,26-28,30,32,44,46,48-49,52H,3-7,9,11-14,16-19,21-22,25,29,31,33-34H2,1-2H3/b43-36+. The molecule has 274 valence electrons. The van der Waals surface area contributed by atoms with E-state index in [1.807, 2.05) is 5.57 Å². The van der Waals surface area contributed by atoms with Crippen molar-refractivity contribution in [3.05, 3.63) is 128 Å². The summed E-state index contributed by atoms with van der Waals surface area (Å²) in [6.45, 7) is 6.61. The van der Waals surface area contributed by atoms with Crippen LogP contribution in [0.1, 0.15) is 136 Å². The van der Waals surface area contributed by atoms with Gasteiger partial charge in [-0.25, -0.2) is 0 Å². The van der Waals surface area contributed by atoms with Crippen LogP contribution in [0.4, 0.5) is 0 Å². The Hall–Kier alpha value is -3.23. The third-order valence-electron chi connectivity index (χ3n) is 13.9. The van der Waals surface area contributed by atoms with E-state index in [1.54, 1.807) is 22.3 Å². The minimum atomic E-state index is 0.405. The van der Waals surface area contributed by atoms with Crippen LogP contribution in [0.3, 0.4) is 0 Å². The van der Waals surface area contributed by atoms with Crippen molar-refractivity contribution in [1.29, 1.82) is 0 Å². The van der Waals surface area contributed by atoms with Gasteiger partial charge in [-0.05, 0) is 175 Å². The first-order valence-corrected chi connectivity index (χ1v) is 21.5. The zero-order valence-electron chi connectivity index (χ0n) is 32.5. The first kappa shape index (κ1) is 35.8. The molecule has 7 aliphatic carbocycles. The Morgan fingerprint density at radius 2 is 1.63 bits per heavy atom. The molecule has 8 aliphatic rings. The summed E-state index contributed by atoms with van der Waals surface area (Å²) in [4.78, 5) is 5.02. The summed E-state index contributed by atoms with van der Waals surface area (Å²) in [7, 11) is 0. The van der Waals surface area contributed by atoms with Gasteiger partial charge in [-0.3, -0.25) is 4.99 Å². The molecule has 0 radical (unpaired) electrons. The third-order valence-corrected chi connectivity index (χ3v) is 13.9. The van der Waals surface area contributed by atoms with Crippen molar-refractivity contribution in [1.82, 2.24) is 5.32 Å². The number of allylic oxidation sites excluding steroid dienone is 18. The minimum Gasteiger partial charge on any atom is -0.310 e. The van der Waals surface area contributed by atoms with Gasteiger partial charge < -0.3 is 5.32 Å². The average molecular weight is 693 g/mol. The third kappa shape index (κ3) is 7.99. The highest BCUT2D eigenvalue weighted by molar-refractivity contribution is 6.10. The molecule has 8 rings (SSSR count). The molecule has 2 heteroatoms. The molecule has 1 N–H and O–H groups in total. The molecule has 4 unspecified atom stereocenters. The number of nitrogens with zero attached hydrogens (tertiary/aromatic N) is 1.